The van der Waals surface area contributed by atoms with Gasteiger partial charge in [-0.3, -0.25) is 9.47 Å². The van der Waals surface area contributed by atoms with Crippen LogP contribution in [-0.2, 0) is 11.3 Å². The van der Waals surface area contributed by atoms with E-state index >= 15 is 0 Å². The lowest BCUT2D eigenvalue weighted by molar-refractivity contribution is 0.0572. The summed E-state index contributed by atoms with van der Waals surface area (Å²) in [6, 6.07) is 24.7. The normalized spacial score (nSPS) is 18.0. The van der Waals surface area contributed by atoms with Gasteiger partial charge in [0.25, 0.3) is 0 Å². The summed E-state index contributed by atoms with van der Waals surface area (Å²) in [5.74, 6) is 1.57. The first-order chi connectivity index (χ1) is 18.6. The Morgan fingerprint density at radius 1 is 0.842 bits per heavy atom. The second-order valence-corrected chi connectivity index (χ2v) is 9.71. The minimum Gasteiger partial charge on any atom is -0.491 e. The number of fused-ring (bicyclic) bond motifs is 2. The fourth-order valence-electron chi connectivity index (χ4n) is 4.97. The van der Waals surface area contributed by atoms with Gasteiger partial charge in [0.15, 0.2) is 0 Å². The molecule has 8 nitrogen and oxygen atoms in total. The maximum Gasteiger partial charge on any atom is 0.139 e. The van der Waals surface area contributed by atoms with E-state index in [1.807, 2.05) is 28.8 Å². The average Bonchev–Trinajstić information content (AvgIpc) is 3.50. The van der Waals surface area contributed by atoms with Crippen LogP contribution in [0.4, 0.5) is 0 Å². The highest BCUT2D eigenvalue weighted by Gasteiger charge is 2.29. The maximum atomic E-state index is 9.78. The zero-order valence-electron chi connectivity index (χ0n) is 21.2. The van der Waals surface area contributed by atoms with Crippen LogP contribution in [0.5, 0.6) is 5.75 Å². The molecule has 2 N–H and O–H groups in total. The summed E-state index contributed by atoms with van der Waals surface area (Å²) < 4.78 is 12.7. The van der Waals surface area contributed by atoms with Gasteiger partial charge in [-0.25, -0.2) is 9.97 Å². The van der Waals surface area contributed by atoms with Gasteiger partial charge >= 0.3 is 0 Å². The van der Waals surface area contributed by atoms with Crippen LogP contribution in [0.3, 0.4) is 0 Å². The fraction of sp³-hybridized carbons (Fsp3) is 0.267. The van der Waals surface area contributed by atoms with Crippen molar-refractivity contribution in [2.75, 3.05) is 33.4 Å². The molecular weight excluding hydrogens is 480 g/mol. The number of likely N-dealkylation sites (tertiary alicyclic amines) is 1. The predicted octanol–water partition coefficient (Wildman–Crippen LogP) is 3.80. The lowest BCUT2D eigenvalue weighted by atomic mass is 10.0. The number of β-amino-alcohol motifs (C(OH)–C–C–N with tert-alkyl or cyclic N) is 2. The molecule has 3 aromatic carbocycles. The van der Waals surface area contributed by atoms with Gasteiger partial charge in [0.05, 0.1) is 35.4 Å². The monoisotopic (exact) mass is 510 g/mol. The lowest BCUT2D eigenvalue weighted by Crippen LogP contribution is -2.22. The molecule has 0 amide bonds. The number of aliphatic hydroxyl groups is 2. The fourth-order valence-corrected chi connectivity index (χ4v) is 4.97. The Labute approximate surface area is 220 Å². The van der Waals surface area contributed by atoms with E-state index in [0.29, 0.717) is 32.8 Å². The first kappa shape index (κ1) is 24.5. The Hall–Kier alpha value is -3.82. The van der Waals surface area contributed by atoms with Gasteiger partial charge in [0.1, 0.15) is 24.5 Å². The molecule has 2 aromatic heterocycles. The molecule has 1 aliphatic rings. The number of hydrogen-bond acceptors (Lipinski definition) is 7. The van der Waals surface area contributed by atoms with Gasteiger partial charge in [-0.15, -0.1) is 0 Å². The van der Waals surface area contributed by atoms with E-state index in [0.717, 1.165) is 50.2 Å². The van der Waals surface area contributed by atoms with Gasteiger partial charge < -0.3 is 19.7 Å². The third-order valence-electron chi connectivity index (χ3n) is 7.02. The quantitative estimate of drug-likeness (QED) is 0.307. The summed E-state index contributed by atoms with van der Waals surface area (Å²) in [7, 11) is 1.65. The van der Waals surface area contributed by atoms with Gasteiger partial charge in [-0.2, -0.15) is 0 Å². The summed E-state index contributed by atoms with van der Waals surface area (Å²) in [4.78, 5) is 11.5. The van der Waals surface area contributed by atoms with E-state index in [2.05, 4.69) is 58.4 Å². The van der Waals surface area contributed by atoms with E-state index < -0.39 is 12.2 Å². The Morgan fingerprint density at radius 3 is 2.42 bits per heavy atom. The molecule has 3 heterocycles. The topological polar surface area (TPSA) is 92.9 Å². The molecule has 194 valence electrons. The van der Waals surface area contributed by atoms with Crippen LogP contribution in [0.1, 0.15) is 5.56 Å². The number of pyridine rings is 1. The average molecular weight is 511 g/mol. The first-order valence-corrected chi connectivity index (χ1v) is 12.8. The third kappa shape index (κ3) is 4.99. The molecule has 0 bridgehead atoms. The van der Waals surface area contributed by atoms with Crippen LogP contribution in [0, 0.1) is 0 Å². The smallest absolute Gasteiger partial charge is 0.139 e. The Kier molecular flexibility index (Phi) is 6.78. The summed E-state index contributed by atoms with van der Waals surface area (Å²) in [5.41, 5.74) is 6.13. The molecule has 2 unspecified atom stereocenters. The van der Waals surface area contributed by atoms with Gasteiger partial charge in [0.2, 0.25) is 0 Å². The number of aliphatic hydroxyl groups excluding tert-OH is 2. The molecular formula is C30H30N4O4. The molecule has 8 heteroatoms. The zero-order valence-corrected chi connectivity index (χ0v) is 21.2. The Balaban J connectivity index is 1.20. The molecule has 0 saturated carbocycles. The molecule has 0 spiro atoms. The predicted molar refractivity (Wildman–Crippen MR) is 146 cm³/mol. The van der Waals surface area contributed by atoms with Crippen molar-refractivity contribution in [2.24, 2.45) is 0 Å². The lowest BCUT2D eigenvalue weighted by Gasteiger charge is -2.15. The minimum absolute atomic E-state index is 0.496. The zero-order chi connectivity index (χ0) is 26.1. The number of methoxy groups -OCH3 is 1. The number of hydrogen-bond donors (Lipinski definition) is 2. The summed E-state index contributed by atoms with van der Waals surface area (Å²) >= 11 is 0. The summed E-state index contributed by atoms with van der Waals surface area (Å²) in [6.45, 7) is 2.75. The standard InChI is InChI=1S/C30H30N4O4/c1-37-12-13-38-24-8-10-27-26(15-24)31-19-34(27)30-11-7-23-14-22(6-9-25(23)32-30)21-4-2-20(3-5-21)16-33-17-28(35)29(36)18-33/h2-11,14-15,19,28-29,35-36H,12-13,16-18H2,1H3. The molecule has 38 heavy (non-hydrogen) atoms. The van der Waals surface area contributed by atoms with E-state index in [1.54, 1.807) is 13.4 Å². The molecule has 1 aliphatic heterocycles. The van der Waals surface area contributed by atoms with Crippen molar-refractivity contribution < 1.29 is 19.7 Å². The van der Waals surface area contributed by atoms with Crippen LogP contribution in [0.2, 0.25) is 0 Å². The van der Waals surface area contributed by atoms with Gasteiger partial charge in [-0.1, -0.05) is 30.3 Å². The second kappa shape index (κ2) is 10.5. The second-order valence-electron chi connectivity index (χ2n) is 9.71. The highest BCUT2D eigenvalue weighted by molar-refractivity contribution is 5.86. The van der Waals surface area contributed by atoms with Crippen molar-refractivity contribution in [1.29, 1.82) is 0 Å². The van der Waals surface area contributed by atoms with Crippen molar-refractivity contribution >= 4 is 21.9 Å². The number of rotatable bonds is 8. The number of aromatic nitrogens is 3. The van der Waals surface area contributed by atoms with Crippen molar-refractivity contribution in [3.05, 3.63) is 84.7 Å². The van der Waals surface area contributed by atoms with Gasteiger partial charge in [0, 0.05) is 38.2 Å². The molecule has 5 aromatic rings. The minimum atomic E-state index is -0.660. The van der Waals surface area contributed by atoms with Gasteiger partial charge in [-0.05, 0) is 53.1 Å². The molecule has 0 radical (unpaired) electrons. The number of nitrogens with zero attached hydrogens (tertiary/aromatic N) is 4. The van der Waals surface area contributed by atoms with E-state index in [4.69, 9.17) is 14.5 Å². The highest BCUT2D eigenvalue weighted by Crippen LogP contribution is 2.27. The number of benzene rings is 3. The third-order valence-corrected chi connectivity index (χ3v) is 7.02. The van der Waals surface area contributed by atoms with Crippen LogP contribution < -0.4 is 4.74 Å². The molecule has 2 atom stereocenters. The number of imidazole rings is 1. The Bertz CT molecular complexity index is 1560. The molecule has 1 saturated heterocycles. The van der Waals surface area contributed by atoms with Crippen LogP contribution in [0.25, 0.3) is 38.9 Å². The van der Waals surface area contributed by atoms with E-state index in [-0.39, 0.29) is 0 Å². The molecule has 1 fully saturated rings. The first-order valence-electron chi connectivity index (χ1n) is 12.8. The van der Waals surface area contributed by atoms with Crippen LogP contribution >= 0.6 is 0 Å². The molecule has 0 aliphatic carbocycles. The van der Waals surface area contributed by atoms with Crippen molar-refractivity contribution in [2.45, 2.75) is 18.8 Å². The summed E-state index contributed by atoms with van der Waals surface area (Å²) in [6.07, 6.45) is 0.469. The van der Waals surface area contributed by atoms with Crippen LogP contribution in [0.15, 0.2) is 79.1 Å². The van der Waals surface area contributed by atoms with Crippen molar-refractivity contribution in [3.8, 4) is 22.7 Å². The van der Waals surface area contributed by atoms with Crippen molar-refractivity contribution in [1.82, 2.24) is 19.4 Å². The number of ether oxygens (including phenoxy) is 2. The van der Waals surface area contributed by atoms with Crippen LogP contribution in [-0.4, -0.2) is 75.3 Å². The maximum absolute atomic E-state index is 9.78. The highest BCUT2D eigenvalue weighted by atomic mass is 16.5. The Morgan fingerprint density at radius 2 is 1.63 bits per heavy atom. The van der Waals surface area contributed by atoms with E-state index in [1.165, 1.54) is 0 Å². The van der Waals surface area contributed by atoms with Crippen molar-refractivity contribution in [3.63, 3.8) is 0 Å². The summed E-state index contributed by atoms with van der Waals surface area (Å²) in [5, 5.41) is 20.6. The van der Waals surface area contributed by atoms with E-state index in [9.17, 15) is 10.2 Å². The molecule has 6 rings (SSSR count). The SMILES string of the molecule is COCCOc1ccc2c(c1)ncn2-c1ccc2cc(-c3ccc(CN4CC(O)C(O)C4)cc3)ccc2n1. The largest absolute Gasteiger partial charge is 0.491 e.